The van der Waals surface area contributed by atoms with Crippen LogP contribution in [0.15, 0.2) is 24.3 Å². The van der Waals surface area contributed by atoms with E-state index in [2.05, 4.69) is 30.9 Å². The molecule has 1 atom stereocenters. The molecule has 1 aromatic carbocycles. The lowest BCUT2D eigenvalue weighted by atomic mass is 10.0. The molecule has 0 aliphatic carbocycles. The van der Waals surface area contributed by atoms with Gasteiger partial charge in [0.2, 0.25) is 0 Å². The van der Waals surface area contributed by atoms with Crippen molar-refractivity contribution in [3.8, 4) is 0 Å². The molecule has 1 unspecified atom stereocenters. The average molecular weight is 235 g/mol. The molecule has 1 N–H and O–H groups in total. The molecule has 0 fully saturated rings. The first-order valence-corrected chi connectivity index (χ1v) is 6.15. The molecule has 17 heavy (non-hydrogen) atoms. The van der Waals surface area contributed by atoms with Gasteiger partial charge in [-0.2, -0.15) is 0 Å². The van der Waals surface area contributed by atoms with E-state index >= 15 is 0 Å². The van der Waals surface area contributed by atoms with Gasteiger partial charge in [-0.3, -0.25) is 4.79 Å². The maximum absolute atomic E-state index is 10.8. The summed E-state index contributed by atoms with van der Waals surface area (Å²) < 4.78 is 0. The van der Waals surface area contributed by atoms with Gasteiger partial charge in [0, 0.05) is 18.8 Å². The highest BCUT2D eigenvalue weighted by atomic mass is 16.4. The van der Waals surface area contributed by atoms with Gasteiger partial charge in [0.15, 0.2) is 0 Å². The van der Waals surface area contributed by atoms with Crippen LogP contribution in [0.4, 0.5) is 5.69 Å². The van der Waals surface area contributed by atoms with E-state index in [4.69, 9.17) is 5.11 Å². The Balaban J connectivity index is 2.71. The van der Waals surface area contributed by atoms with Crippen molar-refractivity contribution in [2.24, 2.45) is 5.92 Å². The van der Waals surface area contributed by atoms with E-state index < -0.39 is 5.97 Å². The van der Waals surface area contributed by atoms with Crippen LogP contribution in [0.2, 0.25) is 0 Å². The van der Waals surface area contributed by atoms with Gasteiger partial charge in [-0.15, -0.1) is 0 Å². The van der Waals surface area contributed by atoms with Gasteiger partial charge >= 0.3 is 5.97 Å². The van der Waals surface area contributed by atoms with Crippen molar-refractivity contribution in [3.05, 3.63) is 29.8 Å². The van der Waals surface area contributed by atoms with E-state index in [1.165, 1.54) is 5.69 Å². The minimum Gasteiger partial charge on any atom is -0.481 e. The number of carboxylic acid groups (broad SMARTS) is 1. The van der Waals surface area contributed by atoms with E-state index in [9.17, 15) is 4.79 Å². The zero-order chi connectivity index (χ0) is 12.8. The van der Waals surface area contributed by atoms with E-state index in [1.807, 2.05) is 12.1 Å². The second kappa shape index (κ2) is 6.28. The lowest BCUT2D eigenvalue weighted by molar-refractivity contribution is -0.141. The molecule has 0 saturated heterocycles. The predicted octanol–water partition coefficient (Wildman–Crippen LogP) is 2.80. The van der Waals surface area contributed by atoms with Crippen LogP contribution < -0.4 is 4.90 Å². The highest BCUT2D eigenvalue weighted by Crippen LogP contribution is 2.17. The summed E-state index contributed by atoms with van der Waals surface area (Å²) in [6.45, 7) is 7.97. The van der Waals surface area contributed by atoms with Crippen molar-refractivity contribution in [1.82, 2.24) is 0 Å². The summed E-state index contributed by atoms with van der Waals surface area (Å²) in [4.78, 5) is 13.0. The van der Waals surface area contributed by atoms with Gasteiger partial charge in [-0.1, -0.05) is 19.1 Å². The first-order valence-electron chi connectivity index (χ1n) is 6.15. The summed E-state index contributed by atoms with van der Waals surface area (Å²) in [5.74, 6) is -1.06. The largest absolute Gasteiger partial charge is 0.481 e. The summed E-state index contributed by atoms with van der Waals surface area (Å²) in [6.07, 6.45) is 0.591. The fourth-order valence-electron chi connectivity index (χ4n) is 1.87. The van der Waals surface area contributed by atoms with Crippen molar-refractivity contribution >= 4 is 11.7 Å². The molecule has 0 aliphatic heterocycles. The Morgan fingerprint density at radius 1 is 1.24 bits per heavy atom. The molecule has 0 heterocycles. The number of aliphatic carboxylic acids is 1. The summed E-state index contributed by atoms with van der Waals surface area (Å²) in [5.41, 5.74) is 2.28. The molecule has 3 nitrogen and oxygen atoms in total. The monoisotopic (exact) mass is 235 g/mol. The van der Waals surface area contributed by atoms with Crippen LogP contribution in [0.3, 0.4) is 0 Å². The third kappa shape index (κ3) is 3.77. The summed E-state index contributed by atoms with van der Waals surface area (Å²) in [5, 5.41) is 8.85. The lowest BCUT2D eigenvalue weighted by Gasteiger charge is -2.21. The highest BCUT2D eigenvalue weighted by molar-refractivity contribution is 5.69. The second-order valence-electron chi connectivity index (χ2n) is 4.28. The fraction of sp³-hybridized carbons (Fsp3) is 0.500. The van der Waals surface area contributed by atoms with Crippen LogP contribution in [0.1, 0.15) is 26.3 Å². The number of hydrogen-bond acceptors (Lipinski definition) is 2. The maximum Gasteiger partial charge on any atom is 0.306 e. The number of hydrogen-bond donors (Lipinski definition) is 1. The van der Waals surface area contributed by atoms with Crippen molar-refractivity contribution in [2.75, 3.05) is 18.0 Å². The molecule has 1 aromatic rings. The van der Waals surface area contributed by atoms with Gasteiger partial charge < -0.3 is 10.0 Å². The molecule has 0 radical (unpaired) electrons. The molecule has 0 spiro atoms. The Bertz CT molecular complexity index is 355. The molecule has 1 rings (SSSR count). The molecular formula is C14H21NO2. The first kappa shape index (κ1) is 13.6. The smallest absolute Gasteiger partial charge is 0.306 e. The van der Waals surface area contributed by atoms with E-state index in [0.717, 1.165) is 18.7 Å². The molecule has 0 bridgehead atoms. The van der Waals surface area contributed by atoms with E-state index in [0.29, 0.717) is 6.42 Å². The minimum atomic E-state index is -0.738. The molecule has 0 aliphatic rings. The Morgan fingerprint density at radius 2 is 1.76 bits per heavy atom. The number of anilines is 1. The number of benzene rings is 1. The molecule has 0 amide bonds. The zero-order valence-corrected chi connectivity index (χ0v) is 10.8. The van der Waals surface area contributed by atoms with Crippen LogP contribution in [-0.2, 0) is 11.2 Å². The number of carboxylic acids is 1. The maximum atomic E-state index is 10.8. The summed E-state index contributed by atoms with van der Waals surface area (Å²) >= 11 is 0. The van der Waals surface area contributed by atoms with Gasteiger partial charge in [0.1, 0.15) is 0 Å². The predicted molar refractivity (Wildman–Crippen MR) is 70.5 cm³/mol. The van der Waals surface area contributed by atoms with Crippen LogP contribution >= 0.6 is 0 Å². The van der Waals surface area contributed by atoms with Crippen LogP contribution in [0.25, 0.3) is 0 Å². The Hall–Kier alpha value is -1.51. The van der Waals surface area contributed by atoms with Gasteiger partial charge in [0.25, 0.3) is 0 Å². The molecule has 94 valence electrons. The molecule has 3 heteroatoms. The van der Waals surface area contributed by atoms with E-state index in [1.54, 1.807) is 6.92 Å². The average Bonchev–Trinajstić information content (AvgIpc) is 2.32. The van der Waals surface area contributed by atoms with Crippen molar-refractivity contribution in [1.29, 1.82) is 0 Å². The quantitative estimate of drug-likeness (QED) is 0.824. The van der Waals surface area contributed by atoms with Crippen molar-refractivity contribution in [3.63, 3.8) is 0 Å². The molecule has 0 saturated carbocycles. The van der Waals surface area contributed by atoms with Crippen LogP contribution in [-0.4, -0.2) is 24.2 Å². The van der Waals surface area contributed by atoms with Gasteiger partial charge in [-0.25, -0.2) is 0 Å². The van der Waals surface area contributed by atoms with Crippen molar-refractivity contribution < 1.29 is 9.90 Å². The Morgan fingerprint density at radius 3 is 2.18 bits per heavy atom. The standard InChI is InChI=1S/C14H21NO2/c1-4-15(5-2)13-8-6-12(7-9-13)10-11(3)14(16)17/h6-9,11H,4-5,10H2,1-3H3,(H,16,17). The summed E-state index contributed by atoms with van der Waals surface area (Å²) in [7, 11) is 0. The lowest BCUT2D eigenvalue weighted by Crippen LogP contribution is -2.21. The zero-order valence-electron chi connectivity index (χ0n) is 10.8. The summed E-state index contributed by atoms with van der Waals surface area (Å²) in [6, 6.07) is 8.17. The van der Waals surface area contributed by atoms with Crippen molar-refractivity contribution in [2.45, 2.75) is 27.2 Å². The fourth-order valence-corrected chi connectivity index (χ4v) is 1.87. The Kier molecular flexibility index (Phi) is 5.01. The third-order valence-corrected chi connectivity index (χ3v) is 3.03. The SMILES string of the molecule is CCN(CC)c1ccc(CC(C)C(=O)O)cc1. The number of nitrogens with zero attached hydrogens (tertiary/aromatic N) is 1. The number of rotatable bonds is 6. The molecule has 0 aromatic heterocycles. The first-order chi connectivity index (χ1) is 8.08. The van der Waals surface area contributed by atoms with Gasteiger partial charge in [0.05, 0.1) is 5.92 Å². The number of carbonyl (C=O) groups is 1. The van der Waals surface area contributed by atoms with E-state index in [-0.39, 0.29) is 5.92 Å². The van der Waals surface area contributed by atoms with Crippen LogP contribution in [0.5, 0.6) is 0 Å². The Labute approximate surface area is 103 Å². The molecular weight excluding hydrogens is 214 g/mol. The van der Waals surface area contributed by atoms with Crippen LogP contribution in [0, 0.1) is 5.92 Å². The third-order valence-electron chi connectivity index (χ3n) is 3.03. The topological polar surface area (TPSA) is 40.5 Å². The normalized spacial score (nSPS) is 12.2. The second-order valence-corrected chi connectivity index (χ2v) is 4.28. The minimum absolute atomic E-state index is 0.325. The highest BCUT2D eigenvalue weighted by Gasteiger charge is 2.11. The van der Waals surface area contributed by atoms with Gasteiger partial charge in [-0.05, 0) is 38.0 Å².